The van der Waals surface area contributed by atoms with Crippen LogP contribution in [0.5, 0.6) is 5.75 Å². The summed E-state index contributed by atoms with van der Waals surface area (Å²) in [4.78, 5) is 27.4. The van der Waals surface area contributed by atoms with Crippen molar-refractivity contribution in [3.8, 4) is 5.75 Å². The van der Waals surface area contributed by atoms with Crippen LogP contribution in [0.1, 0.15) is 42.1 Å². The lowest BCUT2D eigenvalue weighted by molar-refractivity contribution is -0.140. The van der Waals surface area contributed by atoms with Crippen LogP contribution in [0, 0.1) is 18.6 Å². The number of ketones is 1. The summed E-state index contributed by atoms with van der Waals surface area (Å²) in [6, 6.07) is 15.0. The number of rotatable bonds is 6. The summed E-state index contributed by atoms with van der Waals surface area (Å²) in [6.45, 7) is 5.52. The van der Waals surface area contributed by atoms with Crippen molar-refractivity contribution < 1.29 is 28.2 Å². The molecule has 0 saturated carbocycles. The number of aliphatic hydroxyl groups excluding tert-OH is 1. The number of aliphatic hydroxyl groups is 1. The van der Waals surface area contributed by atoms with Crippen LogP contribution in [-0.2, 0) is 16.1 Å². The maximum Gasteiger partial charge on any atom is 0.295 e. The number of carbonyl (C=O) groups excluding carboxylic acids is 2. The predicted octanol–water partition coefficient (Wildman–Crippen LogP) is 5.68. The standard InChI is InChI=1S/C28H25F2NO4/c1-16(2)35-23-13-10-19(14-17(23)3)26(32)24-25(21-6-4-5-7-22(21)30)31(28(34)27(24)33)15-18-8-11-20(29)12-9-18/h4-14,16,25,32H,15H2,1-3H3/b26-24+. The van der Waals surface area contributed by atoms with Crippen LogP contribution in [0.4, 0.5) is 8.78 Å². The number of hydrogen-bond acceptors (Lipinski definition) is 4. The first-order chi connectivity index (χ1) is 16.7. The number of halogens is 2. The van der Waals surface area contributed by atoms with Gasteiger partial charge in [-0.1, -0.05) is 30.3 Å². The van der Waals surface area contributed by atoms with Gasteiger partial charge in [-0.25, -0.2) is 8.78 Å². The highest BCUT2D eigenvalue weighted by molar-refractivity contribution is 6.46. The number of carbonyl (C=O) groups is 2. The summed E-state index contributed by atoms with van der Waals surface area (Å²) >= 11 is 0. The van der Waals surface area contributed by atoms with E-state index < -0.39 is 35.1 Å². The van der Waals surface area contributed by atoms with E-state index >= 15 is 0 Å². The molecule has 35 heavy (non-hydrogen) atoms. The second-order valence-electron chi connectivity index (χ2n) is 8.72. The zero-order chi connectivity index (χ0) is 25.3. The van der Waals surface area contributed by atoms with E-state index in [1.54, 1.807) is 31.2 Å². The third kappa shape index (κ3) is 4.80. The van der Waals surface area contributed by atoms with E-state index in [1.165, 1.54) is 47.4 Å². The number of amides is 1. The lowest BCUT2D eigenvalue weighted by atomic mass is 9.94. The molecule has 0 aromatic heterocycles. The summed E-state index contributed by atoms with van der Waals surface area (Å²) in [6.07, 6.45) is -0.0500. The van der Waals surface area contributed by atoms with Crippen LogP contribution in [0.25, 0.3) is 5.76 Å². The molecule has 1 aliphatic heterocycles. The van der Waals surface area contributed by atoms with Gasteiger partial charge in [0.2, 0.25) is 0 Å². The van der Waals surface area contributed by atoms with Gasteiger partial charge >= 0.3 is 0 Å². The number of likely N-dealkylation sites (tertiary alicyclic amines) is 1. The van der Waals surface area contributed by atoms with E-state index in [-0.39, 0.29) is 23.8 Å². The molecule has 3 aromatic carbocycles. The van der Waals surface area contributed by atoms with Gasteiger partial charge in [-0.2, -0.15) is 0 Å². The lowest BCUT2D eigenvalue weighted by Gasteiger charge is -2.26. The molecule has 0 aliphatic carbocycles. The quantitative estimate of drug-likeness (QED) is 0.282. The average Bonchev–Trinajstić information content (AvgIpc) is 3.06. The highest BCUT2D eigenvalue weighted by Gasteiger charge is 2.47. The van der Waals surface area contributed by atoms with Crippen molar-refractivity contribution in [1.29, 1.82) is 0 Å². The van der Waals surface area contributed by atoms with Crippen molar-refractivity contribution in [2.45, 2.75) is 39.5 Å². The molecule has 0 radical (unpaired) electrons. The molecule has 1 amide bonds. The van der Waals surface area contributed by atoms with Gasteiger partial charge in [-0.15, -0.1) is 0 Å². The molecule has 1 unspecified atom stereocenters. The van der Waals surface area contributed by atoms with Crippen LogP contribution < -0.4 is 4.74 Å². The molecule has 3 aromatic rings. The van der Waals surface area contributed by atoms with Crippen molar-refractivity contribution in [2.75, 3.05) is 0 Å². The highest BCUT2D eigenvalue weighted by atomic mass is 19.1. The number of ether oxygens (including phenoxy) is 1. The summed E-state index contributed by atoms with van der Waals surface area (Å²) in [5, 5.41) is 11.2. The Morgan fingerprint density at radius 1 is 1.03 bits per heavy atom. The van der Waals surface area contributed by atoms with E-state index in [2.05, 4.69) is 0 Å². The molecular weight excluding hydrogens is 452 g/mol. The molecule has 0 bridgehead atoms. The van der Waals surface area contributed by atoms with E-state index in [1.807, 2.05) is 13.8 Å². The Labute approximate surface area is 202 Å². The van der Waals surface area contributed by atoms with Gasteiger partial charge in [0, 0.05) is 17.7 Å². The summed E-state index contributed by atoms with van der Waals surface area (Å²) in [5.41, 5.74) is 1.46. The number of hydrogen-bond donors (Lipinski definition) is 1. The van der Waals surface area contributed by atoms with Gasteiger partial charge in [0.25, 0.3) is 11.7 Å². The normalized spacial score (nSPS) is 17.3. The zero-order valence-corrected chi connectivity index (χ0v) is 19.6. The lowest BCUT2D eigenvalue weighted by Crippen LogP contribution is -2.29. The Morgan fingerprint density at radius 2 is 1.71 bits per heavy atom. The van der Waals surface area contributed by atoms with Crippen molar-refractivity contribution in [3.05, 3.63) is 106 Å². The van der Waals surface area contributed by atoms with E-state index in [9.17, 15) is 23.5 Å². The fourth-order valence-corrected chi connectivity index (χ4v) is 4.19. The van der Waals surface area contributed by atoms with Crippen LogP contribution in [0.15, 0.2) is 72.3 Å². The molecule has 1 aliphatic rings. The molecule has 1 heterocycles. The van der Waals surface area contributed by atoms with Crippen LogP contribution in [0.3, 0.4) is 0 Å². The first-order valence-electron chi connectivity index (χ1n) is 11.2. The molecule has 0 spiro atoms. The number of aryl methyl sites for hydroxylation is 1. The molecular formula is C28H25F2NO4. The van der Waals surface area contributed by atoms with Gasteiger partial charge < -0.3 is 14.7 Å². The van der Waals surface area contributed by atoms with Gasteiger partial charge in [-0.3, -0.25) is 9.59 Å². The Kier molecular flexibility index (Phi) is 6.69. The minimum absolute atomic E-state index is 0.0500. The molecule has 1 N–H and O–H groups in total. The zero-order valence-electron chi connectivity index (χ0n) is 19.6. The highest BCUT2D eigenvalue weighted by Crippen LogP contribution is 2.41. The Balaban J connectivity index is 1.84. The number of Topliss-reactive ketones (excluding diaryl/α,β-unsaturated/α-hetero) is 1. The minimum Gasteiger partial charge on any atom is -0.507 e. The third-order valence-electron chi connectivity index (χ3n) is 5.82. The van der Waals surface area contributed by atoms with E-state index in [0.717, 1.165) is 5.56 Å². The maximum absolute atomic E-state index is 14.9. The van der Waals surface area contributed by atoms with Crippen LogP contribution in [0.2, 0.25) is 0 Å². The van der Waals surface area contributed by atoms with E-state index in [0.29, 0.717) is 16.9 Å². The smallest absolute Gasteiger partial charge is 0.295 e. The second-order valence-corrected chi connectivity index (χ2v) is 8.72. The van der Waals surface area contributed by atoms with Crippen molar-refractivity contribution in [3.63, 3.8) is 0 Å². The fraction of sp³-hybridized carbons (Fsp3) is 0.214. The monoisotopic (exact) mass is 477 g/mol. The topological polar surface area (TPSA) is 66.8 Å². The maximum atomic E-state index is 14.9. The largest absolute Gasteiger partial charge is 0.507 e. The summed E-state index contributed by atoms with van der Waals surface area (Å²) in [7, 11) is 0. The van der Waals surface area contributed by atoms with E-state index in [4.69, 9.17) is 4.74 Å². The van der Waals surface area contributed by atoms with Crippen molar-refractivity contribution in [1.82, 2.24) is 4.90 Å². The first kappa shape index (κ1) is 24.1. The Hall–Kier alpha value is -4.00. The predicted molar refractivity (Wildman–Crippen MR) is 128 cm³/mol. The Morgan fingerprint density at radius 3 is 2.34 bits per heavy atom. The molecule has 1 saturated heterocycles. The molecule has 1 fully saturated rings. The molecule has 5 nitrogen and oxygen atoms in total. The summed E-state index contributed by atoms with van der Waals surface area (Å²) < 4.78 is 34.0. The van der Waals surface area contributed by atoms with Gasteiger partial charge in [0.15, 0.2) is 0 Å². The number of nitrogens with zero attached hydrogens (tertiary/aromatic N) is 1. The van der Waals surface area contributed by atoms with Gasteiger partial charge in [0.05, 0.1) is 17.7 Å². The Bertz CT molecular complexity index is 1310. The minimum atomic E-state index is -1.16. The SMILES string of the molecule is Cc1cc(/C(O)=C2\C(=O)C(=O)N(Cc3ccc(F)cc3)C2c2ccccc2F)ccc1OC(C)C. The molecule has 7 heteroatoms. The van der Waals surface area contributed by atoms with Crippen LogP contribution in [-0.4, -0.2) is 27.8 Å². The second kappa shape index (κ2) is 9.70. The summed E-state index contributed by atoms with van der Waals surface area (Å²) in [5.74, 6) is -2.64. The van der Waals surface area contributed by atoms with Gasteiger partial charge in [0.1, 0.15) is 23.1 Å². The first-order valence-corrected chi connectivity index (χ1v) is 11.2. The molecule has 1 atom stereocenters. The fourth-order valence-electron chi connectivity index (χ4n) is 4.19. The molecule has 4 rings (SSSR count). The van der Waals surface area contributed by atoms with Gasteiger partial charge in [-0.05, 0) is 68.3 Å². The number of benzene rings is 3. The van der Waals surface area contributed by atoms with Crippen molar-refractivity contribution in [2.24, 2.45) is 0 Å². The van der Waals surface area contributed by atoms with Crippen LogP contribution >= 0.6 is 0 Å². The average molecular weight is 478 g/mol. The third-order valence-corrected chi connectivity index (χ3v) is 5.82. The molecule has 180 valence electrons. The van der Waals surface area contributed by atoms with Crippen molar-refractivity contribution >= 4 is 17.4 Å².